The van der Waals surface area contributed by atoms with Gasteiger partial charge in [0.25, 0.3) is 0 Å². The van der Waals surface area contributed by atoms with Crippen LogP contribution in [0.3, 0.4) is 0 Å². The minimum absolute atomic E-state index is 0.0962. The number of benzene rings is 1. The molecule has 0 fully saturated rings. The van der Waals surface area contributed by atoms with Crippen molar-refractivity contribution in [1.29, 1.82) is 5.26 Å². The molecule has 1 aliphatic heterocycles. The van der Waals surface area contributed by atoms with Crippen molar-refractivity contribution in [1.82, 2.24) is 4.90 Å². The zero-order chi connectivity index (χ0) is 20.4. The standard InChI is InChI=1S/C22H25N3O3S/c1-14(25(2)12-15-8-9-18-19(10-15)28-13-27-18)21(26)24-22-17(11-23)16-6-4-3-5-7-20(16)29-22/h8-10,14H,3-7,12-13H2,1-2H3,(H,24,26)/t14-/m1/s1. The summed E-state index contributed by atoms with van der Waals surface area (Å²) in [5.41, 5.74) is 2.86. The summed E-state index contributed by atoms with van der Waals surface area (Å²) in [6, 6.07) is 7.82. The summed E-state index contributed by atoms with van der Waals surface area (Å²) in [6.07, 6.45) is 5.41. The molecule has 1 amide bonds. The number of amides is 1. The maximum Gasteiger partial charge on any atom is 0.242 e. The van der Waals surface area contributed by atoms with Gasteiger partial charge in [0, 0.05) is 11.4 Å². The van der Waals surface area contributed by atoms with Gasteiger partial charge in [-0.05, 0) is 62.9 Å². The molecule has 152 valence electrons. The van der Waals surface area contributed by atoms with Crippen molar-refractivity contribution in [2.24, 2.45) is 0 Å². The van der Waals surface area contributed by atoms with Gasteiger partial charge >= 0.3 is 0 Å². The third kappa shape index (κ3) is 4.09. The highest BCUT2D eigenvalue weighted by Crippen LogP contribution is 2.37. The lowest BCUT2D eigenvalue weighted by molar-refractivity contribution is -0.120. The topological polar surface area (TPSA) is 74.6 Å². The Hall–Kier alpha value is -2.56. The van der Waals surface area contributed by atoms with Crippen LogP contribution in [0.5, 0.6) is 11.5 Å². The van der Waals surface area contributed by atoms with Crippen molar-refractivity contribution >= 4 is 22.2 Å². The molecule has 0 radical (unpaired) electrons. The minimum atomic E-state index is -0.339. The molecule has 0 bridgehead atoms. The molecule has 1 N–H and O–H groups in total. The van der Waals surface area contributed by atoms with Crippen molar-refractivity contribution in [3.8, 4) is 17.6 Å². The van der Waals surface area contributed by atoms with Crippen LogP contribution in [-0.2, 0) is 24.2 Å². The first-order chi connectivity index (χ1) is 14.1. The van der Waals surface area contributed by atoms with Gasteiger partial charge in [-0.25, -0.2) is 0 Å². The SMILES string of the molecule is C[C@H](C(=O)Nc1sc2c(c1C#N)CCCCC2)N(C)Cc1ccc2c(c1)OCO2. The van der Waals surface area contributed by atoms with Gasteiger partial charge in [-0.1, -0.05) is 12.5 Å². The van der Waals surface area contributed by atoms with Crippen molar-refractivity contribution in [3.63, 3.8) is 0 Å². The smallest absolute Gasteiger partial charge is 0.242 e. The highest BCUT2D eigenvalue weighted by atomic mass is 32.1. The Kier molecular flexibility index (Phi) is 5.74. The molecule has 1 aromatic carbocycles. The van der Waals surface area contributed by atoms with Gasteiger partial charge in [0.1, 0.15) is 11.1 Å². The number of ether oxygens (including phenoxy) is 2. The molecular formula is C22H25N3O3S. The van der Waals surface area contributed by atoms with Crippen molar-refractivity contribution < 1.29 is 14.3 Å². The van der Waals surface area contributed by atoms with Crippen LogP contribution in [0.1, 0.15) is 47.8 Å². The number of carbonyl (C=O) groups is 1. The second-order valence-electron chi connectivity index (χ2n) is 7.65. The summed E-state index contributed by atoms with van der Waals surface area (Å²) >= 11 is 1.57. The van der Waals surface area contributed by atoms with Gasteiger partial charge in [0.15, 0.2) is 11.5 Å². The first kappa shape index (κ1) is 19.7. The van der Waals surface area contributed by atoms with E-state index in [0.29, 0.717) is 17.1 Å². The summed E-state index contributed by atoms with van der Waals surface area (Å²) < 4.78 is 10.8. The number of hydrogen-bond donors (Lipinski definition) is 1. The van der Waals surface area contributed by atoms with E-state index in [2.05, 4.69) is 11.4 Å². The number of nitrogens with one attached hydrogen (secondary N) is 1. The second kappa shape index (κ2) is 8.44. The third-order valence-corrected chi connectivity index (χ3v) is 6.89. The highest BCUT2D eigenvalue weighted by molar-refractivity contribution is 7.16. The molecule has 7 heteroatoms. The fourth-order valence-electron chi connectivity index (χ4n) is 3.83. The first-order valence-corrected chi connectivity index (χ1v) is 10.8. The number of carbonyl (C=O) groups excluding carboxylic acids is 1. The van der Waals surface area contributed by atoms with E-state index in [9.17, 15) is 10.1 Å². The van der Waals surface area contributed by atoms with Crippen LogP contribution in [0.2, 0.25) is 0 Å². The summed E-state index contributed by atoms with van der Waals surface area (Å²) in [7, 11) is 1.92. The van der Waals surface area contributed by atoms with Crippen LogP contribution < -0.4 is 14.8 Å². The van der Waals surface area contributed by atoms with Gasteiger partial charge in [-0.15, -0.1) is 11.3 Å². The molecule has 29 heavy (non-hydrogen) atoms. The van der Waals surface area contributed by atoms with Crippen molar-refractivity contribution in [2.45, 2.75) is 51.6 Å². The predicted molar refractivity (Wildman–Crippen MR) is 112 cm³/mol. The molecule has 1 atom stereocenters. The van der Waals surface area contributed by atoms with Gasteiger partial charge in [-0.3, -0.25) is 9.69 Å². The zero-order valence-electron chi connectivity index (χ0n) is 16.8. The van der Waals surface area contributed by atoms with E-state index < -0.39 is 0 Å². The molecule has 0 spiro atoms. The number of fused-ring (bicyclic) bond motifs is 2. The van der Waals surface area contributed by atoms with E-state index in [1.54, 1.807) is 11.3 Å². The van der Waals surface area contributed by atoms with Crippen molar-refractivity contribution in [2.75, 3.05) is 19.2 Å². The van der Waals surface area contributed by atoms with Crippen LogP contribution in [0.25, 0.3) is 0 Å². The lowest BCUT2D eigenvalue weighted by Crippen LogP contribution is -2.39. The Bertz CT molecular complexity index is 963. The van der Waals surface area contributed by atoms with Gasteiger partial charge in [0.2, 0.25) is 12.7 Å². The van der Waals surface area contributed by atoms with E-state index in [-0.39, 0.29) is 18.7 Å². The summed E-state index contributed by atoms with van der Waals surface area (Å²) in [5, 5.41) is 13.4. The van der Waals surface area contributed by atoms with E-state index in [4.69, 9.17) is 9.47 Å². The van der Waals surface area contributed by atoms with Crippen LogP contribution in [0.15, 0.2) is 18.2 Å². The number of rotatable bonds is 5. The zero-order valence-corrected chi connectivity index (χ0v) is 17.6. The Morgan fingerprint density at radius 1 is 1.28 bits per heavy atom. The van der Waals surface area contributed by atoms with E-state index in [0.717, 1.165) is 48.3 Å². The fourth-order valence-corrected chi connectivity index (χ4v) is 5.07. The largest absolute Gasteiger partial charge is 0.454 e. The van der Waals surface area contributed by atoms with Gasteiger partial charge in [-0.2, -0.15) is 5.26 Å². The Balaban J connectivity index is 1.43. The number of nitrogens with zero attached hydrogens (tertiary/aromatic N) is 2. The number of anilines is 1. The van der Waals surface area contributed by atoms with Gasteiger partial charge < -0.3 is 14.8 Å². The maximum atomic E-state index is 12.9. The second-order valence-corrected chi connectivity index (χ2v) is 8.75. The third-order valence-electron chi connectivity index (χ3n) is 5.68. The van der Waals surface area contributed by atoms with E-state index >= 15 is 0 Å². The molecule has 0 unspecified atom stereocenters. The Morgan fingerprint density at radius 3 is 2.90 bits per heavy atom. The highest BCUT2D eigenvalue weighted by Gasteiger charge is 2.24. The molecule has 2 aromatic rings. The average molecular weight is 412 g/mol. The summed E-state index contributed by atoms with van der Waals surface area (Å²) in [5.74, 6) is 1.40. The van der Waals surface area contributed by atoms with E-state index in [1.807, 2.05) is 37.1 Å². The molecule has 2 heterocycles. The van der Waals surface area contributed by atoms with Gasteiger partial charge in [0.05, 0.1) is 11.6 Å². The van der Waals surface area contributed by atoms with Crippen LogP contribution in [-0.4, -0.2) is 30.7 Å². The van der Waals surface area contributed by atoms with E-state index in [1.165, 1.54) is 11.3 Å². The minimum Gasteiger partial charge on any atom is -0.454 e. The molecule has 1 aromatic heterocycles. The lowest BCUT2D eigenvalue weighted by atomic mass is 10.1. The summed E-state index contributed by atoms with van der Waals surface area (Å²) in [6.45, 7) is 2.74. The quantitative estimate of drug-likeness (QED) is 0.751. The molecule has 1 aliphatic carbocycles. The number of nitriles is 1. The molecule has 0 saturated carbocycles. The molecule has 0 saturated heterocycles. The first-order valence-electron chi connectivity index (χ1n) is 10.0. The number of aryl methyl sites for hydroxylation is 1. The molecule has 2 aliphatic rings. The fraction of sp³-hybridized carbons (Fsp3) is 0.455. The number of hydrogen-bond acceptors (Lipinski definition) is 6. The number of likely N-dealkylation sites (N-methyl/N-ethyl adjacent to an activating group) is 1. The molecule has 6 nitrogen and oxygen atoms in total. The lowest BCUT2D eigenvalue weighted by Gasteiger charge is -2.23. The number of thiophene rings is 1. The predicted octanol–water partition coefficient (Wildman–Crippen LogP) is 4.08. The molecule has 4 rings (SSSR count). The average Bonchev–Trinajstić information content (AvgIpc) is 3.23. The van der Waals surface area contributed by atoms with Crippen LogP contribution >= 0.6 is 11.3 Å². The maximum absolute atomic E-state index is 12.9. The Labute approximate surface area is 175 Å². The normalized spacial score (nSPS) is 16.1. The Morgan fingerprint density at radius 2 is 2.07 bits per heavy atom. The monoisotopic (exact) mass is 411 g/mol. The molecular weight excluding hydrogens is 386 g/mol. The van der Waals surface area contributed by atoms with Crippen LogP contribution in [0, 0.1) is 11.3 Å². The summed E-state index contributed by atoms with van der Waals surface area (Å²) in [4.78, 5) is 16.1. The van der Waals surface area contributed by atoms with Crippen molar-refractivity contribution in [3.05, 3.63) is 39.8 Å². The van der Waals surface area contributed by atoms with Crippen LogP contribution in [0.4, 0.5) is 5.00 Å².